The van der Waals surface area contributed by atoms with Gasteiger partial charge in [-0.2, -0.15) is 16.9 Å². The highest BCUT2D eigenvalue weighted by Gasteiger charge is 2.21. The van der Waals surface area contributed by atoms with E-state index < -0.39 is 15.9 Å². The minimum Gasteiger partial charge on any atom is -0.489 e. The molecule has 0 spiro atoms. The van der Waals surface area contributed by atoms with Crippen LogP contribution in [-0.2, 0) is 14.8 Å². The Morgan fingerprint density at radius 1 is 1.23 bits per heavy atom. The average Bonchev–Trinajstić information content (AvgIpc) is 2.61. The monoisotopic (exact) mass is 447 g/mol. The molecule has 0 saturated carbocycles. The molecule has 160 valence electrons. The van der Waals surface area contributed by atoms with E-state index in [1.807, 2.05) is 55.9 Å². The molecule has 0 bridgehead atoms. The summed E-state index contributed by atoms with van der Waals surface area (Å²) in [6.07, 6.45) is 2.82. The van der Waals surface area contributed by atoms with Crippen molar-refractivity contribution in [1.29, 1.82) is 0 Å². The van der Waals surface area contributed by atoms with Crippen LogP contribution in [0.4, 0.5) is 5.69 Å². The lowest BCUT2D eigenvalue weighted by molar-refractivity contribution is -0.119. The number of carbonyl (C=O) groups excluding carboxylic acids is 1. The van der Waals surface area contributed by atoms with Crippen LogP contribution >= 0.6 is 11.8 Å². The molecule has 1 fully saturated rings. The number of hydrogen-bond acceptors (Lipinski definition) is 6. The van der Waals surface area contributed by atoms with Crippen molar-refractivity contribution in [3.63, 3.8) is 0 Å². The summed E-state index contributed by atoms with van der Waals surface area (Å²) < 4.78 is 31.4. The Morgan fingerprint density at radius 2 is 1.93 bits per heavy atom. The predicted molar refractivity (Wildman–Crippen MR) is 122 cm³/mol. The zero-order chi connectivity index (χ0) is 21.7. The van der Waals surface area contributed by atoms with Gasteiger partial charge in [0.05, 0.1) is 18.2 Å². The van der Waals surface area contributed by atoms with Gasteiger partial charge < -0.3 is 4.74 Å². The molecule has 2 aromatic rings. The maximum Gasteiger partial charge on any atom is 0.260 e. The van der Waals surface area contributed by atoms with Crippen LogP contribution in [0, 0.1) is 13.8 Å². The van der Waals surface area contributed by atoms with E-state index in [-0.39, 0.29) is 12.6 Å². The van der Waals surface area contributed by atoms with Crippen LogP contribution in [0.1, 0.15) is 16.7 Å². The Labute approximate surface area is 181 Å². The molecule has 1 amide bonds. The number of nitrogens with one attached hydrogen (secondary N) is 1. The van der Waals surface area contributed by atoms with E-state index in [1.165, 1.54) is 6.21 Å². The lowest BCUT2D eigenvalue weighted by Crippen LogP contribution is -2.39. The van der Waals surface area contributed by atoms with Crippen LogP contribution in [-0.4, -0.2) is 50.9 Å². The minimum atomic E-state index is -3.64. The standard InChI is InChI=1S/C21H25N3O4S2/c1-15-7-16(2)9-18(8-15)24(30(3,26)27)12-21(25)23-22-11-17-5-4-6-19(10-17)28-20-13-29-14-20/h4-11,20H,12-14H2,1-3H3,(H,23,25)/b22-11-. The molecule has 30 heavy (non-hydrogen) atoms. The van der Waals surface area contributed by atoms with Gasteiger partial charge in [-0.1, -0.05) is 18.2 Å². The third-order valence-corrected chi connectivity index (χ3v) is 6.71. The molecule has 1 aliphatic rings. The minimum absolute atomic E-state index is 0.245. The van der Waals surface area contributed by atoms with Crippen molar-refractivity contribution < 1.29 is 17.9 Å². The summed E-state index contributed by atoms with van der Waals surface area (Å²) in [4.78, 5) is 12.3. The second-order valence-corrected chi connectivity index (χ2v) is 10.2. The summed E-state index contributed by atoms with van der Waals surface area (Å²) in [5, 5.41) is 3.95. The summed E-state index contributed by atoms with van der Waals surface area (Å²) in [5.41, 5.74) is 5.45. The van der Waals surface area contributed by atoms with Crippen molar-refractivity contribution >= 4 is 39.6 Å². The topological polar surface area (TPSA) is 88.1 Å². The normalized spacial score (nSPS) is 14.4. The molecule has 2 aromatic carbocycles. The zero-order valence-electron chi connectivity index (χ0n) is 17.2. The summed E-state index contributed by atoms with van der Waals surface area (Å²) >= 11 is 1.85. The Morgan fingerprint density at radius 3 is 2.53 bits per heavy atom. The predicted octanol–water partition coefficient (Wildman–Crippen LogP) is 2.71. The highest BCUT2D eigenvalue weighted by atomic mass is 32.2. The number of ether oxygens (including phenoxy) is 1. The number of thioether (sulfide) groups is 1. The number of carbonyl (C=O) groups is 1. The Hall–Kier alpha value is -2.52. The highest BCUT2D eigenvalue weighted by Crippen LogP contribution is 2.24. The molecular weight excluding hydrogens is 422 g/mol. The van der Waals surface area contributed by atoms with Crippen molar-refractivity contribution in [2.24, 2.45) is 5.10 Å². The number of anilines is 1. The number of aryl methyl sites for hydroxylation is 2. The quantitative estimate of drug-likeness (QED) is 0.497. The van der Waals surface area contributed by atoms with Crippen molar-refractivity contribution in [3.8, 4) is 5.75 Å². The molecule has 1 N–H and O–H groups in total. The van der Waals surface area contributed by atoms with Gasteiger partial charge in [0.2, 0.25) is 10.0 Å². The lowest BCUT2D eigenvalue weighted by Gasteiger charge is -2.25. The van der Waals surface area contributed by atoms with E-state index >= 15 is 0 Å². The van der Waals surface area contributed by atoms with E-state index in [2.05, 4.69) is 10.5 Å². The number of rotatable bonds is 8. The SMILES string of the molecule is Cc1cc(C)cc(N(CC(=O)N/N=C\c2cccc(OC3CSC3)c2)S(C)(=O)=O)c1. The molecule has 9 heteroatoms. The molecule has 0 unspecified atom stereocenters. The summed E-state index contributed by atoms with van der Waals surface area (Å²) in [5.74, 6) is 2.21. The summed E-state index contributed by atoms with van der Waals surface area (Å²) in [7, 11) is -3.64. The average molecular weight is 448 g/mol. The third kappa shape index (κ3) is 6.24. The Bertz CT molecular complexity index is 1030. The number of nitrogens with zero attached hydrogens (tertiary/aromatic N) is 2. The smallest absolute Gasteiger partial charge is 0.260 e. The number of hydrazone groups is 1. The van der Waals surface area contributed by atoms with Crippen LogP contribution in [0.3, 0.4) is 0 Å². The van der Waals surface area contributed by atoms with E-state index in [1.54, 1.807) is 12.1 Å². The number of benzene rings is 2. The lowest BCUT2D eigenvalue weighted by atomic mass is 10.1. The second kappa shape index (κ2) is 9.53. The van der Waals surface area contributed by atoms with Gasteiger partial charge in [-0.3, -0.25) is 9.10 Å². The second-order valence-electron chi connectivity index (χ2n) is 7.26. The zero-order valence-corrected chi connectivity index (χ0v) is 18.8. The number of hydrogen-bond donors (Lipinski definition) is 1. The first-order valence-electron chi connectivity index (χ1n) is 9.43. The maximum absolute atomic E-state index is 12.3. The Balaban J connectivity index is 1.63. The number of amides is 1. The first-order valence-corrected chi connectivity index (χ1v) is 12.4. The van der Waals surface area contributed by atoms with E-state index in [4.69, 9.17) is 4.74 Å². The molecule has 0 aliphatic carbocycles. The van der Waals surface area contributed by atoms with E-state index in [9.17, 15) is 13.2 Å². The molecule has 0 radical (unpaired) electrons. The van der Waals surface area contributed by atoms with Crippen molar-refractivity contribution in [2.45, 2.75) is 20.0 Å². The van der Waals surface area contributed by atoms with Crippen molar-refractivity contribution in [1.82, 2.24) is 5.43 Å². The van der Waals surface area contributed by atoms with Gasteiger partial charge in [-0.25, -0.2) is 13.8 Å². The van der Waals surface area contributed by atoms with Crippen molar-refractivity contribution in [2.75, 3.05) is 28.6 Å². The third-order valence-electron chi connectivity index (χ3n) is 4.35. The fraction of sp³-hybridized carbons (Fsp3) is 0.333. The largest absolute Gasteiger partial charge is 0.489 e. The summed E-state index contributed by atoms with van der Waals surface area (Å²) in [6.45, 7) is 3.40. The summed E-state index contributed by atoms with van der Waals surface area (Å²) in [6, 6.07) is 12.8. The highest BCUT2D eigenvalue weighted by molar-refractivity contribution is 8.00. The van der Waals surface area contributed by atoms with E-state index in [0.29, 0.717) is 5.69 Å². The van der Waals surface area contributed by atoms with Gasteiger partial charge in [0.15, 0.2) is 0 Å². The maximum atomic E-state index is 12.3. The molecular formula is C21H25N3O4S2. The van der Waals surface area contributed by atoms with Crippen LogP contribution in [0.15, 0.2) is 47.6 Å². The van der Waals surface area contributed by atoms with Crippen LogP contribution in [0.25, 0.3) is 0 Å². The number of sulfonamides is 1. The van der Waals surface area contributed by atoms with Gasteiger partial charge in [0.1, 0.15) is 18.4 Å². The molecule has 1 saturated heterocycles. The fourth-order valence-corrected chi connectivity index (χ4v) is 4.39. The molecule has 7 nitrogen and oxygen atoms in total. The van der Waals surface area contributed by atoms with E-state index in [0.717, 1.165) is 44.5 Å². The molecule has 0 atom stereocenters. The molecule has 1 heterocycles. The first-order chi connectivity index (χ1) is 14.2. The van der Waals surface area contributed by atoms with Gasteiger partial charge >= 0.3 is 0 Å². The van der Waals surface area contributed by atoms with Crippen LogP contribution < -0.4 is 14.5 Å². The van der Waals surface area contributed by atoms with Gasteiger partial charge in [-0.15, -0.1) is 0 Å². The molecule has 0 aromatic heterocycles. The fourth-order valence-electron chi connectivity index (χ4n) is 2.98. The van der Waals surface area contributed by atoms with Gasteiger partial charge in [-0.05, 0) is 54.8 Å². The van der Waals surface area contributed by atoms with Gasteiger partial charge in [0.25, 0.3) is 5.91 Å². The first kappa shape index (κ1) is 22.2. The Kier molecular flexibility index (Phi) is 7.04. The van der Waals surface area contributed by atoms with Crippen molar-refractivity contribution in [3.05, 3.63) is 59.2 Å². The van der Waals surface area contributed by atoms with Crippen LogP contribution in [0.2, 0.25) is 0 Å². The van der Waals surface area contributed by atoms with Crippen LogP contribution in [0.5, 0.6) is 5.75 Å². The molecule has 3 rings (SSSR count). The molecule has 1 aliphatic heterocycles. The van der Waals surface area contributed by atoms with Gasteiger partial charge in [0, 0.05) is 11.5 Å².